The molecule has 21 heavy (non-hydrogen) atoms. The number of rotatable bonds is 5. The number of aromatic carboxylic acids is 1. The number of hydrogen-bond acceptors (Lipinski definition) is 3. The zero-order valence-electron chi connectivity index (χ0n) is 11.6. The largest absolute Gasteiger partial charge is 0.478 e. The summed E-state index contributed by atoms with van der Waals surface area (Å²) in [7, 11) is 1.61. The van der Waals surface area contributed by atoms with Gasteiger partial charge in [0.05, 0.1) is 11.2 Å². The molecular formula is C14H17FN2O4. The average Bonchev–Trinajstić information content (AvgIpc) is 2.37. The molecule has 7 heteroatoms. The summed E-state index contributed by atoms with van der Waals surface area (Å²) in [6.45, 7) is 0.380. The van der Waals surface area contributed by atoms with E-state index in [1.807, 2.05) is 0 Å². The Balaban J connectivity index is 1.91. The molecule has 2 rings (SSSR count). The minimum absolute atomic E-state index is 0.190. The second kappa shape index (κ2) is 6.09. The molecular weight excluding hydrogens is 279 g/mol. The number of ether oxygens (including phenoxy) is 1. The number of methoxy groups -OCH3 is 1. The number of hydrogen-bond donors (Lipinski definition) is 3. The number of anilines is 1. The number of halogens is 1. The van der Waals surface area contributed by atoms with Gasteiger partial charge in [-0.15, -0.1) is 0 Å². The van der Waals surface area contributed by atoms with E-state index in [0.717, 1.165) is 31.4 Å². The number of amides is 2. The monoisotopic (exact) mass is 296 g/mol. The van der Waals surface area contributed by atoms with Crippen molar-refractivity contribution >= 4 is 17.7 Å². The second-order valence-electron chi connectivity index (χ2n) is 5.05. The molecule has 1 aromatic rings. The fourth-order valence-corrected chi connectivity index (χ4v) is 2.21. The smallest absolute Gasteiger partial charge is 0.338 e. The van der Waals surface area contributed by atoms with E-state index in [2.05, 4.69) is 10.6 Å². The van der Waals surface area contributed by atoms with Gasteiger partial charge < -0.3 is 20.5 Å². The van der Waals surface area contributed by atoms with Gasteiger partial charge in [0.15, 0.2) is 0 Å². The Kier molecular flexibility index (Phi) is 4.42. The van der Waals surface area contributed by atoms with Crippen LogP contribution in [0.25, 0.3) is 0 Å². The first kappa shape index (κ1) is 15.2. The van der Waals surface area contributed by atoms with Gasteiger partial charge in [-0.1, -0.05) is 0 Å². The van der Waals surface area contributed by atoms with Gasteiger partial charge in [-0.25, -0.2) is 14.0 Å². The zero-order valence-corrected chi connectivity index (χ0v) is 11.6. The Hall–Kier alpha value is -2.15. The molecule has 3 N–H and O–H groups in total. The fraction of sp³-hybridized carbons (Fsp3) is 0.429. The minimum atomic E-state index is -1.35. The summed E-state index contributed by atoms with van der Waals surface area (Å²) in [5.41, 5.74) is -0.542. The highest BCUT2D eigenvalue weighted by Crippen LogP contribution is 2.34. The molecule has 0 atom stereocenters. The van der Waals surface area contributed by atoms with Crippen LogP contribution in [0.4, 0.5) is 14.9 Å². The lowest BCUT2D eigenvalue weighted by atomic mass is 9.80. The van der Waals surface area contributed by atoms with Crippen LogP contribution in [0, 0.1) is 5.82 Å². The van der Waals surface area contributed by atoms with Crippen LogP contribution < -0.4 is 10.6 Å². The van der Waals surface area contributed by atoms with Gasteiger partial charge in [-0.3, -0.25) is 0 Å². The van der Waals surface area contributed by atoms with Crippen LogP contribution in [0.15, 0.2) is 18.2 Å². The van der Waals surface area contributed by atoms with Crippen LogP contribution >= 0.6 is 0 Å². The first-order valence-electron chi connectivity index (χ1n) is 6.59. The van der Waals surface area contributed by atoms with Gasteiger partial charge in [0.1, 0.15) is 5.82 Å². The van der Waals surface area contributed by atoms with Crippen LogP contribution in [0.1, 0.15) is 29.6 Å². The molecule has 1 aromatic carbocycles. The summed E-state index contributed by atoms with van der Waals surface area (Å²) in [5.74, 6) is -2.25. The van der Waals surface area contributed by atoms with Gasteiger partial charge in [-0.05, 0) is 37.5 Å². The fourth-order valence-electron chi connectivity index (χ4n) is 2.21. The molecule has 1 aliphatic carbocycles. The summed E-state index contributed by atoms with van der Waals surface area (Å²) < 4.78 is 18.8. The summed E-state index contributed by atoms with van der Waals surface area (Å²) in [6, 6.07) is 2.93. The molecule has 1 saturated carbocycles. The topological polar surface area (TPSA) is 87.7 Å². The van der Waals surface area contributed by atoms with Crippen molar-refractivity contribution in [2.75, 3.05) is 19.0 Å². The Morgan fingerprint density at radius 3 is 2.62 bits per heavy atom. The van der Waals surface area contributed by atoms with Crippen molar-refractivity contribution in [3.05, 3.63) is 29.6 Å². The summed E-state index contributed by atoms with van der Waals surface area (Å²) in [6.07, 6.45) is 2.86. The van der Waals surface area contributed by atoms with Gasteiger partial charge >= 0.3 is 12.0 Å². The molecule has 2 amide bonds. The van der Waals surface area contributed by atoms with Crippen molar-refractivity contribution < 1.29 is 23.8 Å². The van der Waals surface area contributed by atoms with Crippen molar-refractivity contribution in [2.24, 2.45) is 0 Å². The maximum Gasteiger partial charge on any atom is 0.338 e. The Bertz CT molecular complexity index is 552. The first-order valence-corrected chi connectivity index (χ1v) is 6.59. The van der Waals surface area contributed by atoms with Crippen LogP contribution in [-0.2, 0) is 4.74 Å². The third-order valence-electron chi connectivity index (χ3n) is 3.73. The predicted octanol–water partition coefficient (Wildman–Crippen LogP) is 2.21. The van der Waals surface area contributed by atoms with Crippen molar-refractivity contribution in [1.29, 1.82) is 0 Å². The van der Waals surface area contributed by atoms with Crippen molar-refractivity contribution in [2.45, 2.75) is 24.9 Å². The SMILES string of the molecule is COC1(CNC(=O)Nc2ccc(C(=O)O)c(F)c2)CCC1. The lowest BCUT2D eigenvalue weighted by Gasteiger charge is -2.40. The standard InChI is InChI=1S/C14H17FN2O4/c1-21-14(5-2-6-14)8-16-13(20)17-9-3-4-10(12(18)19)11(15)7-9/h3-4,7H,2,5-6,8H2,1H3,(H,18,19)(H2,16,17,20). The van der Waals surface area contributed by atoms with Gasteiger partial charge in [0.2, 0.25) is 0 Å². The molecule has 0 radical (unpaired) electrons. The zero-order chi connectivity index (χ0) is 15.5. The van der Waals surface area contributed by atoms with Gasteiger partial charge in [0, 0.05) is 19.3 Å². The van der Waals surface area contributed by atoms with Gasteiger partial charge in [-0.2, -0.15) is 0 Å². The summed E-state index contributed by atoms with van der Waals surface area (Å²) >= 11 is 0. The van der Waals surface area contributed by atoms with Gasteiger partial charge in [0.25, 0.3) is 0 Å². The summed E-state index contributed by atoms with van der Waals surface area (Å²) in [4.78, 5) is 22.4. The first-order chi connectivity index (χ1) is 9.96. The third-order valence-corrected chi connectivity index (χ3v) is 3.73. The number of urea groups is 1. The van der Waals surface area contributed by atoms with E-state index in [0.29, 0.717) is 6.54 Å². The molecule has 0 bridgehead atoms. The van der Waals surface area contributed by atoms with E-state index in [-0.39, 0.29) is 11.3 Å². The molecule has 1 fully saturated rings. The van der Waals surface area contributed by atoms with E-state index in [1.165, 1.54) is 6.07 Å². The number of carboxylic acids is 1. The normalized spacial score (nSPS) is 15.9. The summed E-state index contributed by atoms with van der Waals surface area (Å²) in [5, 5.41) is 13.8. The van der Waals surface area contributed by atoms with Crippen molar-refractivity contribution in [3.8, 4) is 0 Å². The van der Waals surface area contributed by atoms with E-state index in [9.17, 15) is 14.0 Å². The van der Waals surface area contributed by atoms with Crippen LogP contribution in [0.3, 0.4) is 0 Å². The lowest BCUT2D eigenvalue weighted by molar-refractivity contribution is -0.0671. The van der Waals surface area contributed by atoms with Crippen LogP contribution in [0.5, 0.6) is 0 Å². The van der Waals surface area contributed by atoms with Crippen LogP contribution in [0.2, 0.25) is 0 Å². The van der Waals surface area contributed by atoms with E-state index in [1.54, 1.807) is 7.11 Å². The lowest BCUT2D eigenvalue weighted by Crippen LogP contribution is -2.50. The number of benzene rings is 1. The second-order valence-corrected chi connectivity index (χ2v) is 5.05. The van der Waals surface area contributed by atoms with Crippen molar-refractivity contribution in [1.82, 2.24) is 5.32 Å². The number of carbonyl (C=O) groups is 2. The Labute approximate surface area is 121 Å². The van der Waals surface area contributed by atoms with E-state index in [4.69, 9.17) is 9.84 Å². The molecule has 0 aliphatic heterocycles. The Morgan fingerprint density at radius 1 is 1.43 bits per heavy atom. The molecule has 0 aromatic heterocycles. The molecule has 0 heterocycles. The molecule has 114 valence electrons. The Morgan fingerprint density at radius 2 is 2.14 bits per heavy atom. The molecule has 6 nitrogen and oxygen atoms in total. The minimum Gasteiger partial charge on any atom is -0.478 e. The van der Waals surface area contributed by atoms with Crippen LogP contribution in [-0.4, -0.2) is 36.4 Å². The molecule has 0 spiro atoms. The van der Waals surface area contributed by atoms with E-state index >= 15 is 0 Å². The molecule has 0 unspecified atom stereocenters. The average molecular weight is 296 g/mol. The number of carbonyl (C=O) groups excluding carboxylic acids is 1. The maximum atomic E-state index is 13.5. The maximum absolute atomic E-state index is 13.5. The van der Waals surface area contributed by atoms with E-state index < -0.39 is 23.4 Å². The third kappa shape index (κ3) is 3.49. The number of carboxylic acid groups (broad SMARTS) is 1. The highest BCUT2D eigenvalue weighted by atomic mass is 19.1. The van der Waals surface area contributed by atoms with Crippen molar-refractivity contribution in [3.63, 3.8) is 0 Å². The predicted molar refractivity (Wildman–Crippen MR) is 74.0 cm³/mol. The number of nitrogens with one attached hydrogen (secondary N) is 2. The highest BCUT2D eigenvalue weighted by Gasteiger charge is 2.37. The molecule has 1 aliphatic rings. The molecule has 0 saturated heterocycles. The quantitative estimate of drug-likeness (QED) is 0.777. The highest BCUT2D eigenvalue weighted by molar-refractivity contribution is 5.91.